The number of benzene rings is 1. The van der Waals surface area contributed by atoms with E-state index >= 15 is 0 Å². The minimum Gasteiger partial charge on any atom is -0.481 e. The zero-order chi connectivity index (χ0) is 19.1. The molecule has 2 amide bonds. The molecule has 0 spiro atoms. The van der Waals surface area contributed by atoms with E-state index in [-0.39, 0.29) is 25.0 Å². The molecule has 1 aromatic rings. The van der Waals surface area contributed by atoms with Crippen LogP contribution in [0.15, 0.2) is 18.2 Å². The fourth-order valence-corrected chi connectivity index (χ4v) is 3.31. The van der Waals surface area contributed by atoms with Crippen molar-refractivity contribution in [3.63, 3.8) is 0 Å². The summed E-state index contributed by atoms with van der Waals surface area (Å²) >= 11 is 0. The molecule has 1 atom stereocenters. The highest BCUT2D eigenvalue weighted by molar-refractivity contribution is 5.99. The van der Waals surface area contributed by atoms with Crippen LogP contribution in [0.4, 0.5) is 10.5 Å². The fraction of sp³-hybridized carbons (Fsp3) is 0.526. The second-order valence-electron chi connectivity index (χ2n) is 7.85. The quantitative estimate of drug-likeness (QED) is 0.875. The van der Waals surface area contributed by atoms with E-state index in [9.17, 15) is 14.4 Å². The number of ether oxygens (including phenoxy) is 1. The number of anilines is 1. The van der Waals surface area contributed by atoms with Crippen LogP contribution in [0.3, 0.4) is 0 Å². The molecule has 0 aromatic heterocycles. The molecule has 1 unspecified atom stereocenters. The number of amides is 2. The highest BCUT2D eigenvalue weighted by Crippen LogP contribution is 2.29. The van der Waals surface area contributed by atoms with Crippen molar-refractivity contribution in [3.8, 4) is 0 Å². The Morgan fingerprint density at radius 2 is 1.96 bits per heavy atom. The number of hydrogen-bond donors (Lipinski definition) is 1. The number of carbonyl (C=O) groups is 3. The van der Waals surface area contributed by atoms with E-state index in [1.807, 2.05) is 39.0 Å². The number of nitrogens with zero attached hydrogens (tertiary/aromatic N) is 2. The Kier molecular flexibility index (Phi) is 4.64. The van der Waals surface area contributed by atoms with Crippen LogP contribution in [0, 0.1) is 5.92 Å². The van der Waals surface area contributed by atoms with Gasteiger partial charge in [-0.3, -0.25) is 9.59 Å². The summed E-state index contributed by atoms with van der Waals surface area (Å²) < 4.78 is 5.42. The first kappa shape index (κ1) is 18.2. The molecular weight excluding hydrogens is 336 g/mol. The third-order valence-electron chi connectivity index (χ3n) is 4.64. The van der Waals surface area contributed by atoms with Gasteiger partial charge in [0.05, 0.1) is 5.92 Å². The number of rotatable bonds is 2. The van der Waals surface area contributed by atoms with Crippen molar-refractivity contribution in [3.05, 3.63) is 29.3 Å². The van der Waals surface area contributed by atoms with Crippen LogP contribution < -0.4 is 4.90 Å². The van der Waals surface area contributed by atoms with E-state index in [0.29, 0.717) is 19.5 Å². The summed E-state index contributed by atoms with van der Waals surface area (Å²) in [4.78, 5) is 38.7. The second kappa shape index (κ2) is 6.63. The van der Waals surface area contributed by atoms with Crippen molar-refractivity contribution in [1.82, 2.24) is 4.90 Å². The number of carboxylic acids is 1. The minimum absolute atomic E-state index is 0.0405. The van der Waals surface area contributed by atoms with E-state index in [4.69, 9.17) is 9.84 Å². The average molecular weight is 360 g/mol. The normalized spacial score (nSPS) is 20.1. The van der Waals surface area contributed by atoms with E-state index in [1.165, 1.54) is 0 Å². The van der Waals surface area contributed by atoms with Gasteiger partial charge in [-0.25, -0.2) is 4.79 Å². The Balaban J connectivity index is 1.72. The van der Waals surface area contributed by atoms with Crippen molar-refractivity contribution < 1.29 is 24.2 Å². The van der Waals surface area contributed by atoms with Crippen molar-refractivity contribution >= 4 is 23.7 Å². The monoisotopic (exact) mass is 360 g/mol. The minimum atomic E-state index is -0.938. The molecule has 2 aliphatic rings. The topological polar surface area (TPSA) is 87.2 Å². The van der Waals surface area contributed by atoms with Crippen molar-refractivity contribution in [1.29, 1.82) is 0 Å². The van der Waals surface area contributed by atoms with Crippen LogP contribution in [0.25, 0.3) is 0 Å². The molecule has 0 saturated carbocycles. The molecule has 140 valence electrons. The lowest BCUT2D eigenvalue weighted by Gasteiger charge is -2.31. The van der Waals surface area contributed by atoms with Gasteiger partial charge in [0.2, 0.25) is 5.91 Å². The van der Waals surface area contributed by atoms with Crippen LogP contribution in [-0.2, 0) is 27.3 Å². The predicted molar refractivity (Wildman–Crippen MR) is 94.9 cm³/mol. The standard InChI is InChI=1S/C19H24N2O5/c1-19(2,3)26-18(25)20-7-6-12-8-15(5-4-13(12)10-20)21-11-14(17(23)24)9-16(21)22/h4-5,8,14H,6-7,9-11H2,1-3H3,(H,23,24). The number of hydrogen-bond acceptors (Lipinski definition) is 4. The van der Waals surface area contributed by atoms with Crippen LogP contribution in [0.5, 0.6) is 0 Å². The van der Waals surface area contributed by atoms with Gasteiger partial charge in [0.25, 0.3) is 0 Å². The van der Waals surface area contributed by atoms with Gasteiger partial charge in [-0.05, 0) is 50.5 Å². The number of fused-ring (bicyclic) bond motifs is 1. The number of carbonyl (C=O) groups excluding carboxylic acids is 2. The van der Waals surface area contributed by atoms with Crippen molar-refractivity contribution in [2.45, 2.75) is 45.8 Å². The summed E-state index contributed by atoms with van der Waals surface area (Å²) in [6.45, 7) is 6.75. The molecule has 0 aliphatic carbocycles. The Labute approximate surface area is 152 Å². The lowest BCUT2D eigenvalue weighted by molar-refractivity contribution is -0.141. The van der Waals surface area contributed by atoms with Gasteiger partial charge in [0.1, 0.15) is 5.60 Å². The molecule has 7 heteroatoms. The predicted octanol–water partition coefficient (Wildman–Crippen LogP) is 2.42. The third kappa shape index (κ3) is 3.81. The lowest BCUT2D eigenvalue weighted by Crippen LogP contribution is -2.40. The molecule has 2 aliphatic heterocycles. The summed E-state index contributed by atoms with van der Waals surface area (Å²) in [5, 5.41) is 9.12. The summed E-state index contributed by atoms with van der Waals surface area (Å²) in [5.74, 6) is -1.75. The van der Waals surface area contributed by atoms with E-state index in [1.54, 1.807) is 9.80 Å². The molecule has 3 rings (SSSR count). The Morgan fingerprint density at radius 1 is 1.23 bits per heavy atom. The maximum atomic E-state index is 12.2. The van der Waals surface area contributed by atoms with Crippen molar-refractivity contribution in [2.24, 2.45) is 5.92 Å². The number of aliphatic carboxylic acids is 1. The third-order valence-corrected chi connectivity index (χ3v) is 4.64. The van der Waals surface area contributed by atoms with Gasteiger partial charge in [-0.15, -0.1) is 0 Å². The van der Waals surface area contributed by atoms with Crippen molar-refractivity contribution in [2.75, 3.05) is 18.0 Å². The highest BCUT2D eigenvalue weighted by atomic mass is 16.6. The first-order valence-corrected chi connectivity index (χ1v) is 8.77. The van der Waals surface area contributed by atoms with Gasteiger partial charge in [0.15, 0.2) is 0 Å². The summed E-state index contributed by atoms with van der Waals surface area (Å²) in [6, 6.07) is 5.66. The van der Waals surface area contributed by atoms with Gasteiger partial charge < -0.3 is 19.6 Å². The lowest BCUT2D eigenvalue weighted by atomic mass is 9.99. The molecule has 1 fully saturated rings. The highest BCUT2D eigenvalue weighted by Gasteiger charge is 2.35. The smallest absolute Gasteiger partial charge is 0.410 e. The molecule has 0 radical (unpaired) electrons. The van der Waals surface area contributed by atoms with E-state index in [2.05, 4.69) is 0 Å². The molecular formula is C19H24N2O5. The average Bonchev–Trinajstić information content (AvgIpc) is 2.94. The van der Waals surface area contributed by atoms with Crippen LogP contribution in [0.1, 0.15) is 38.3 Å². The largest absolute Gasteiger partial charge is 0.481 e. The van der Waals surface area contributed by atoms with Gasteiger partial charge in [0, 0.05) is 31.7 Å². The van der Waals surface area contributed by atoms with Gasteiger partial charge in [-0.2, -0.15) is 0 Å². The molecule has 7 nitrogen and oxygen atoms in total. The first-order valence-electron chi connectivity index (χ1n) is 8.77. The molecule has 1 N–H and O–H groups in total. The number of carboxylic acid groups (broad SMARTS) is 1. The summed E-state index contributed by atoms with van der Waals surface area (Å²) in [7, 11) is 0. The zero-order valence-corrected chi connectivity index (χ0v) is 15.3. The van der Waals surface area contributed by atoms with Gasteiger partial charge >= 0.3 is 12.1 Å². The second-order valence-corrected chi connectivity index (χ2v) is 7.85. The fourth-order valence-electron chi connectivity index (χ4n) is 3.31. The van der Waals surface area contributed by atoms with Crippen LogP contribution in [0.2, 0.25) is 0 Å². The van der Waals surface area contributed by atoms with Crippen LogP contribution in [-0.4, -0.2) is 46.7 Å². The molecule has 1 aromatic carbocycles. The molecule has 2 heterocycles. The Hall–Kier alpha value is -2.57. The molecule has 0 bridgehead atoms. The van der Waals surface area contributed by atoms with Gasteiger partial charge in [-0.1, -0.05) is 6.07 Å². The molecule has 1 saturated heterocycles. The van der Waals surface area contributed by atoms with E-state index < -0.39 is 17.5 Å². The summed E-state index contributed by atoms with van der Waals surface area (Å²) in [5.41, 5.74) is 2.29. The SMILES string of the molecule is CC(C)(C)OC(=O)N1CCc2cc(N3CC(C(=O)O)CC3=O)ccc2C1. The molecule has 26 heavy (non-hydrogen) atoms. The maximum absolute atomic E-state index is 12.2. The van der Waals surface area contributed by atoms with Crippen LogP contribution >= 0.6 is 0 Å². The van der Waals surface area contributed by atoms with E-state index in [0.717, 1.165) is 16.8 Å². The first-order chi connectivity index (χ1) is 12.1. The Bertz CT molecular complexity index is 753. The Morgan fingerprint density at radius 3 is 2.58 bits per heavy atom. The maximum Gasteiger partial charge on any atom is 0.410 e. The summed E-state index contributed by atoms with van der Waals surface area (Å²) in [6.07, 6.45) is 0.386. The zero-order valence-electron chi connectivity index (χ0n) is 15.3.